The highest BCUT2D eigenvalue weighted by Gasteiger charge is 2.19. The van der Waals surface area contributed by atoms with Crippen LogP contribution in [0, 0.1) is 0 Å². The number of unbranched alkanes of at least 4 members (excludes halogenated alkanes) is 4. The van der Waals surface area contributed by atoms with E-state index in [9.17, 15) is 15.3 Å². The number of hydrogen-bond donors (Lipinski definition) is 3. The van der Waals surface area contributed by atoms with Crippen LogP contribution in [-0.2, 0) is 0 Å². The topological polar surface area (TPSA) is 60.7 Å². The van der Waals surface area contributed by atoms with E-state index in [1.165, 1.54) is 12.2 Å². The van der Waals surface area contributed by atoms with Crippen LogP contribution in [-0.4, -0.2) is 33.6 Å². The fraction of sp³-hybridized carbons (Fsp3) is 0.579. The lowest BCUT2D eigenvalue weighted by molar-refractivity contribution is -0.0209. The van der Waals surface area contributed by atoms with Crippen molar-refractivity contribution in [3.05, 3.63) is 48.6 Å². The Labute approximate surface area is 135 Å². The summed E-state index contributed by atoms with van der Waals surface area (Å²) >= 11 is 0. The average Bonchev–Trinajstić information content (AvgIpc) is 2.52. The van der Waals surface area contributed by atoms with Crippen molar-refractivity contribution in [2.45, 2.75) is 70.7 Å². The largest absolute Gasteiger partial charge is 0.387 e. The molecule has 0 aromatic carbocycles. The van der Waals surface area contributed by atoms with Crippen molar-refractivity contribution in [2.24, 2.45) is 0 Å². The average molecular weight is 308 g/mol. The van der Waals surface area contributed by atoms with Gasteiger partial charge in [0.05, 0.1) is 0 Å². The Hall–Kier alpha value is -1.16. The van der Waals surface area contributed by atoms with Crippen molar-refractivity contribution in [1.29, 1.82) is 0 Å². The van der Waals surface area contributed by atoms with Gasteiger partial charge in [-0.05, 0) is 12.8 Å². The normalized spacial score (nSPS) is 17.1. The molecule has 22 heavy (non-hydrogen) atoms. The van der Waals surface area contributed by atoms with Gasteiger partial charge in [-0.2, -0.15) is 0 Å². The SMILES string of the molecule is CCCCC=CC=CC(O)C(O)C(O)C=CC=CCCCC. The minimum atomic E-state index is -1.22. The van der Waals surface area contributed by atoms with Crippen molar-refractivity contribution in [1.82, 2.24) is 0 Å². The van der Waals surface area contributed by atoms with E-state index in [1.807, 2.05) is 24.3 Å². The van der Waals surface area contributed by atoms with Crippen molar-refractivity contribution in [3.63, 3.8) is 0 Å². The molecule has 2 unspecified atom stereocenters. The summed E-state index contributed by atoms with van der Waals surface area (Å²) in [5, 5.41) is 29.4. The fourth-order valence-electron chi connectivity index (χ4n) is 1.78. The highest BCUT2D eigenvalue weighted by atomic mass is 16.4. The van der Waals surface area contributed by atoms with Crippen LogP contribution in [0.25, 0.3) is 0 Å². The summed E-state index contributed by atoms with van der Waals surface area (Å²) < 4.78 is 0. The molecule has 0 aromatic rings. The molecular formula is C19H32O3. The molecule has 0 heterocycles. The highest BCUT2D eigenvalue weighted by molar-refractivity contribution is 5.10. The highest BCUT2D eigenvalue weighted by Crippen LogP contribution is 2.04. The molecule has 0 saturated carbocycles. The van der Waals surface area contributed by atoms with E-state index in [0.717, 1.165) is 38.5 Å². The first-order valence-electron chi connectivity index (χ1n) is 8.34. The molecule has 0 bridgehead atoms. The number of hydrogen-bond acceptors (Lipinski definition) is 3. The van der Waals surface area contributed by atoms with Crippen LogP contribution >= 0.6 is 0 Å². The van der Waals surface area contributed by atoms with Crippen molar-refractivity contribution in [3.8, 4) is 0 Å². The van der Waals surface area contributed by atoms with Crippen molar-refractivity contribution in [2.75, 3.05) is 0 Å². The van der Waals surface area contributed by atoms with Gasteiger partial charge in [0.15, 0.2) is 0 Å². The van der Waals surface area contributed by atoms with Crippen LogP contribution in [0.4, 0.5) is 0 Å². The molecule has 0 amide bonds. The third kappa shape index (κ3) is 11.5. The predicted octanol–water partition coefficient (Wildman–Crippen LogP) is 3.67. The van der Waals surface area contributed by atoms with Gasteiger partial charge in [-0.1, -0.05) is 88.1 Å². The summed E-state index contributed by atoms with van der Waals surface area (Å²) in [5.74, 6) is 0. The Bertz CT molecular complexity index is 322. The summed E-state index contributed by atoms with van der Waals surface area (Å²) in [5.41, 5.74) is 0. The van der Waals surface area contributed by atoms with Crippen LogP contribution in [0.1, 0.15) is 52.4 Å². The third-order valence-electron chi connectivity index (χ3n) is 3.26. The second kappa shape index (κ2) is 14.8. The van der Waals surface area contributed by atoms with Gasteiger partial charge in [0.1, 0.15) is 18.3 Å². The van der Waals surface area contributed by atoms with Crippen LogP contribution in [0.15, 0.2) is 48.6 Å². The Morgan fingerprint density at radius 3 is 1.45 bits per heavy atom. The summed E-state index contributed by atoms with van der Waals surface area (Å²) in [6.45, 7) is 4.27. The zero-order chi connectivity index (χ0) is 16.6. The zero-order valence-electron chi connectivity index (χ0n) is 13.9. The lowest BCUT2D eigenvalue weighted by atomic mass is 10.1. The molecule has 0 aliphatic rings. The van der Waals surface area contributed by atoms with Gasteiger partial charge in [-0.15, -0.1) is 0 Å². The Kier molecular flexibility index (Phi) is 14.0. The molecule has 0 aliphatic carbocycles. The van der Waals surface area contributed by atoms with Gasteiger partial charge < -0.3 is 15.3 Å². The number of rotatable bonds is 12. The first kappa shape index (κ1) is 20.8. The fourth-order valence-corrected chi connectivity index (χ4v) is 1.78. The van der Waals surface area contributed by atoms with Gasteiger partial charge in [-0.25, -0.2) is 0 Å². The van der Waals surface area contributed by atoms with Crippen molar-refractivity contribution >= 4 is 0 Å². The maximum absolute atomic E-state index is 9.82. The molecule has 0 fully saturated rings. The molecule has 3 heteroatoms. The van der Waals surface area contributed by atoms with Crippen LogP contribution in [0.5, 0.6) is 0 Å². The summed E-state index contributed by atoms with van der Waals surface area (Å²) in [6, 6.07) is 0. The zero-order valence-corrected chi connectivity index (χ0v) is 13.9. The van der Waals surface area contributed by atoms with Crippen LogP contribution in [0.3, 0.4) is 0 Å². The van der Waals surface area contributed by atoms with Crippen molar-refractivity contribution < 1.29 is 15.3 Å². The van der Waals surface area contributed by atoms with E-state index >= 15 is 0 Å². The molecule has 3 N–H and O–H groups in total. The van der Waals surface area contributed by atoms with E-state index < -0.39 is 18.3 Å². The molecule has 0 aromatic heterocycles. The molecule has 0 rings (SSSR count). The van der Waals surface area contributed by atoms with E-state index in [0.29, 0.717) is 0 Å². The van der Waals surface area contributed by atoms with Gasteiger partial charge in [0, 0.05) is 0 Å². The number of aliphatic hydroxyl groups excluding tert-OH is 3. The minimum Gasteiger partial charge on any atom is -0.387 e. The maximum atomic E-state index is 9.82. The molecule has 0 spiro atoms. The maximum Gasteiger partial charge on any atom is 0.113 e. The lowest BCUT2D eigenvalue weighted by Gasteiger charge is -2.17. The summed E-state index contributed by atoms with van der Waals surface area (Å²) in [7, 11) is 0. The molecular weight excluding hydrogens is 276 g/mol. The minimum absolute atomic E-state index is 1.01. The van der Waals surface area contributed by atoms with Gasteiger partial charge >= 0.3 is 0 Å². The summed E-state index contributed by atoms with van der Waals surface area (Å²) in [6.07, 6.45) is 17.3. The van der Waals surface area contributed by atoms with Gasteiger partial charge in [-0.3, -0.25) is 0 Å². The van der Waals surface area contributed by atoms with Crippen LogP contribution < -0.4 is 0 Å². The van der Waals surface area contributed by atoms with Gasteiger partial charge in [0.2, 0.25) is 0 Å². The first-order valence-corrected chi connectivity index (χ1v) is 8.34. The van der Waals surface area contributed by atoms with E-state index in [2.05, 4.69) is 13.8 Å². The van der Waals surface area contributed by atoms with Gasteiger partial charge in [0.25, 0.3) is 0 Å². The molecule has 0 saturated heterocycles. The van der Waals surface area contributed by atoms with Crippen LogP contribution in [0.2, 0.25) is 0 Å². The molecule has 0 radical (unpaired) electrons. The first-order chi connectivity index (χ1) is 10.6. The summed E-state index contributed by atoms with van der Waals surface area (Å²) in [4.78, 5) is 0. The smallest absolute Gasteiger partial charge is 0.113 e. The quantitative estimate of drug-likeness (QED) is 0.381. The molecule has 2 atom stereocenters. The van der Waals surface area contributed by atoms with E-state index in [-0.39, 0.29) is 0 Å². The molecule has 126 valence electrons. The Morgan fingerprint density at radius 1 is 0.682 bits per heavy atom. The third-order valence-corrected chi connectivity index (χ3v) is 3.26. The Balaban J connectivity index is 4.11. The standard InChI is InChI=1S/C19H32O3/c1-3-5-7-9-11-13-15-17(20)19(22)18(21)16-14-12-10-8-6-4-2/h9-22H,3-8H2,1-2H3. The molecule has 0 aliphatic heterocycles. The number of allylic oxidation sites excluding steroid dienone is 6. The lowest BCUT2D eigenvalue weighted by Crippen LogP contribution is -2.34. The second-order valence-electron chi connectivity index (χ2n) is 5.38. The monoisotopic (exact) mass is 308 g/mol. The van der Waals surface area contributed by atoms with E-state index in [1.54, 1.807) is 12.2 Å². The Morgan fingerprint density at radius 2 is 1.09 bits per heavy atom. The second-order valence-corrected chi connectivity index (χ2v) is 5.38. The predicted molar refractivity (Wildman–Crippen MR) is 93.6 cm³/mol. The van der Waals surface area contributed by atoms with E-state index in [4.69, 9.17) is 0 Å². The molecule has 3 nitrogen and oxygen atoms in total. The number of aliphatic hydroxyl groups is 3.